The van der Waals surface area contributed by atoms with E-state index in [0.717, 1.165) is 26.7 Å². The molecule has 0 aliphatic rings. The molecule has 0 unspecified atom stereocenters. The van der Waals surface area contributed by atoms with E-state index in [2.05, 4.69) is 11.7 Å². The first kappa shape index (κ1) is 11.6. The van der Waals surface area contributed by atoms with Gasteiger partial charge in [-0.05, 0) is 23.8 Å². The van der Waals surface area contributed by atoms with Crippen LogP contribution in [-0.4, -0.2) is 0 Å². The molecule has 0 amide bonds. The van der Waals surface area contributed by atoms with E-state index in [0.29, 0.717) is 10.0 Å². The molecule has 16 heavy (non-hydrogen) atoms. The number of halogens is 1. The van der Waals surface area contributed by atoms with Crippen LogP contribution in [0.4, 0.5) is 0 Å². The fraction of sp³-hybridized carbons (Fsp3) is 0. The molecule has 0 atom stereocenters. The number of pyridine rings is 1. The summed E-state index contributed by atoms with van der Waals surface area (Å²) in [5.41, 5.74) is 1.81. The molecule has 2 aromatic rings. The molecule has 0 spiro atoms. The summed E-state index contributed by atoms with van der Waals surface area (Å²) in [6.45, 7) is 0. The minimum absolute atomic E-state index is 0.563. The molecule has 1 aromatic heterocycles. The second-order valence-corrected chi connectivity index (χ2v) is 4.70. The van der Waals surface area contributed by atoms with Gasteiger partial charge >= 0.3 is 0 Å². The molecular formula is C11H8ClNOS2. The highest BCUT2D eigenvalue weighted by molar-refractivity contribution is 8.68. The lowest BCUT2D eigenvalue weighted by atomic mass is 10.1. The molecule has 2 nitrogen and oxygen atoms in total. The van der Waals surface area contributed by atoms with E-state index < -0.39 is 0 Å². The predicted octanol–water partition coefficient (Wildman–Crippen LogP) is 3.58. The third-order valence-corrected chi connectivity index (χ3v) is 3.50. The van der Waals surface area contributed by atoms with Gasteiger partial charge in [0.2, 0.25) is 0 Å². The van der Waals surface area contributed by atoms with Crippen molar-refractivity contribution in [3.63, 3.8) is 0 Å². The third-order valence-electron chi connectivity index (χ3n) is 2.16. The van der Waals surface area contributed by atoms with Crippen molar-refractivity contribution in [3.8, 4) is 11.1 Å². The molecule has 0 fully saturated rings. The number of hydrogen-bond acceptors (Lipinski definition) is 3. The van der Waals surface area contributed by atoms with Crippen LogP contribution in [0.15, 0.2) is 47.6 Å². The monoisotopic (exact) mass is 269 g/mol. The smallest absolute Gasteiger partial charge is 0.269 e. The summed E-state index contributed by atoms with van der Waals surface area (Å²) in [5, 5.41) is 12.8. The fourth-order valence-electron chi connectivity index (χ4n) is 1.41. The fourth-order valence-corrected chi connectivity index (χ4v) is 2.50. The highest BCUT2D eigenvalue weighted by atomic mass is 35.5. The van der Waals surface area contributed by atoms with Gasteiger partial charge in [-0.3, -0.25) is 0 Å². The summed E-state index contributed by atoms with van der Waals surface area (Å²) < 4.78 is 0.807. The summed E-state index contributed by atoms with van der Waals surface area (Å²) in [4.78, 5) is 0. The highest BCUT2D eigenvalue weighted by Gasteiger charge is 2.12. The van der Waals surface area contributed by atoms with Crippen molar-refractivity contribution in [1.82, 2.24) is 0 Å². The first-order valence-electron chi connectivity index (χ1n) is 4.52. The predicted molar refractivity (Wildman–Crippen MR) is 70.7 cm³/mol. The Bertz CT molecular complexity index is 502. The second kappa shape index (κ2) is 4.99. The number of nitrogens with zero attached hydrogens (tertiary/aromatic N) is 1. The first-order valence-corrected chi connectivity index (χ1v) is 6.76. The minimum atomic E-state index is 0.563. The van der Waals surface area contributed by atoms with Crippen molar-refractivity contribution >= 4 is 34.1 Å². The Labute approximate surface area is 108 Å². The first-order chi connectivity index (χ1) is 7.72. The highest BCUT2D eigenvalue weighted by Crippen LogP contribution is 2.30. The number of aromatic nitrogens is 1. The summed E-state index contributed by atoms with van der Waals surface area (Å²) in [6.07, 6.45) is 1.46. The van der Waals surface area contributed by atoms with Gasteiger partial charge < -0.3 is 5.21 Å². The van der Waals surface area contributed by atoms with Crippen LogP contribution in [0, 0.1) is 5.21 Å². The quantitative estimate of drug-likeness (QED) is 0.390. The molecule has 0 bridgehead atoms. The van der Waals surface area contributed by atoms with Crippen LogP contribution >= 0.6 is 34.1 Å². The lowest BCUT2D eigenvalue weighted by Crippen LogP contribution is -2.28. The maximum Gasteiger partial charge on any atom is 0.269 e. The Morgan fingerprint density at radius 2 is 1.88 bits per heavy atom. The lowest BCUT2D eigenvalue weighted by Gasteiger charge is -2.07. The number of benzene rings is 1. The average molecular weight is 270 g/mol. The van der Waals surface area contributed by atoms with Crippen molar-refractivity contribution in [2.75, 3.05) is 0 Å². The molecule has 1 aromatic carbocycles. The van der Waals surface area contributed by atoms with Gasteiger partial charge in [-0.15, -0.1) is 11.7 Å². The molecule has 0 aliphatic carbocycles. The lowest BCUT2D eigenvalue weighted by molar-refractivity contribution is -0.644. The second-order valence-electron chi connectivity index (χ2n) is 3.15. The van der Waals surface area contributed by atoms with Gasteiger partial charge in [0.25, 0.3) is 5.03 Å². The van der Waals surface area contributed by atoms with Crippen LogP contribution in [0.25, 0.3) is 11.1 Å². The van der Waals surface area contributed by atoms with Crippen LogP contribution in [0.5, 0.6) is 0 Å². The Kier molecular flexibility index (Phi) is 3.63. The van der Waals surface area contributed by atoms with Gasteiger partial charge in [-0.25, -0.2) is 0 Å². The Hall–Kier alpha value is -0.840. The normalized spacial score (nSPS) is 10.4. The maximum absolute atomic E-state index is 11.5. The van der Waals surface area contributed by atoms with Gasteiger partial charge in [-0.2, -0.15) is 4.73 Å². The molecule has 0 saturated heterocycles. The number of rotatable bonds is 2. The Morgan fingerprint density at radius 1 is 1.19 bits per heavy atom. The zero-order chi connectivity index (χ0) is 11.5. The van der Waals surface area contributed by atoms with Crippen molar-refractivity contribution in [2.24, 2.45) is 0 Å². The van der Waals surface area contributed by atoms with Gasteiger partial charge in [-0.1, -0.05) is 23.7 Å². The SMILES string of the molecule is [O-][n+]1cccc(-c2ccc(Cl)cc2)c1SS. The molecule has 2 rings (SSSR count). The van der Waals surface area contributed by atoms with E-state index in [9.17, 15) is 5.21 Å². The van der Waals surface area contributed by atoms with Crippen molar-refractivity contribution in [3.05, 3.63) is 52.8 Å². The van der Waals surface area contributed by atoms with Gasteiger partial charge in [0, 0.05) is 21.9 Å². The Morgan fingerprint density at radius 3 is 2.50 bits per heavy atom. The summed E-state index contributed by atoms with van der Waals surface area (Å²) in [6, 6.07) is 11.0. The van der Waals surface area contributed by atoms with Crippen LogP contribution < -0.4 is 4.73 Å². The van der Waals surface area contributed by atoms with E-state index in [4.69, 9.17) is 11.6 Å². The zero-order valence-electron chi connectivity index (χ0n) is 8.13. The van der Waals surface area contributed by atoms with Gasteiger partial charge in [0.05, 0.1) is 5.56 Å². The molecular weight excluding hydrogens is 262 g/mol. The molecule has 1 heterocycles. The summed E-state index contributed by atoms with van der Waals surface area (Å²) in [7, 11) is 1.13. The van der Waals surface area contributed by atoms with Crippen LogP contribution in [0.1, 0.15) is 0 Å². The molecule has 0 radical (unpaired) electrons. The molecule has 0 N–H and O–H groups in total. The van der Waals surface area contributed by atoms with E-state index in [1.165, 1.54) is 6.20 Å². The standard InChI is InChI=1S/C11H8ClNOS2/c12-9-5-3-8(4-6-9)10-2-1-7-13(14)11(10)16-15/h1-7,15H. The molecule has 82 valence electrons. The molecule has 0 aliphatic heterocycles. The average Bonchev–Trinajstić information content (AvgIpc) is 2.30. The molecule has 5 heteroatoms. The number of thiol groups is 1. The van der Waals surface area contributed by atoms with Crippen molar-refractivity contribution in [1.29, 1.82) is 0 Å². The van der Waals surface area contributed by atoms with Crippen molar-refractivity contribution < 1.29 is 4.73 Å². The van der Waals surface area contributed by atoms with Crippen LogP contribution in [0.2, 0.25) is 5.02 Å². The van der Waals surface area contributed by atoms with E-state index >= 15 is 0 Å². The maximum atomic E-state index is 11.5. The summed E-state index contributed by atoms with van der Waals surface area (Å²) in [5.74, 6) is 0. The van der Waals surface area contributed by atoms with Crippen LogP contribution in [-0.2, 0) is 0 Å². The summed E-state index contributed by atoms with van der Waals surface area (Å²) >= 11 is 9.91. The zero-order valence-corrected chi connectivity index (χ0v) is 10.6. The molecule has 0 saturated carbocycles. The topological polar surface area (TPSA) is 26.9 Å². The van der Waals surface area contributed by atoms with E-state index in [1.807, 2.05) is 18.2 Å². The minimum Gasteiger partial charge on any atom is -0.618 e. The Balaban J connectivity index is 2.55. The largest absolute Gasteiger partial charge is 0.618 e. The van der Waals surface area contributed by atoms with E-state index in [1.54, 1.807) is 18.2 Å². The van der Waals surface area contributed by atoms with Crippen LogP contribution in [0.3, 0.4) is 0 Å². The van der Waals surface area contributed by atoms with Gasteiger partial charge in [0.1, 0.15) is 0 Å². The van der Waals surface area contributed by atoms with E-state index in [-0.39, 0.29) is 0 Å². The van der Waals surface area contributed by atoms with Crippen molar-refractivity contribution in [2.45, 2.75) is 5.03 Å². The van der Waals surface area contributed by atoms with Gasteiger partial charge in [0.15, 0.2) is 6.20 Å². The number of hydrogen-bond donors (Lipinski definition) is 1. The third kappa shape index (κ3) is 2.29.